The molecule has 1 spiro atoms. The minimum Gasteiger partial charge on any atom is -0.492 e. The van der Waals surface area contributed by atoms with Crippen molar-refractivity contribution in [3.63, 3.8) is 0 Å². The molecule has 0 atom stereocenters. The number of hydrogen-bond acceptors (Lipinski definition) is 7. The highest BCUT2D eigenvalue weighted by Crippen LogP contribution is 2.49. The molecule has 2 fully saturated rings. The number of ether oxygens (including phenoxy) is 1. The van der Waals surface area contributed by atoms with E-state index in [0.29, 0.717) is 26.2 Å². The number of fused-ring (bicyclic) bond motifs is 1. The average Bonchev–Trinajstić information content (AvgIpc) is 3.62. The lowest BCUT2D eigenvalue weighted by Crippen LogP contribution is -2.42. The van der Waals surface area contributed by atoms with Gasteiger partial charge in [-0.1, -0.05) is 56.1 Å². The van der Waals surface area contributed by atoms with Gasteiger partial charge in [-0.2, -0.15) is 0 Å². The number of nitrogen functional groups attached to an aromatic ring is 2. The van der Waals surface area contributed by atoms with Crippen LogP contribution in [0.3, 0.4) is 0 Å². The van der Waals surface area contributed by atoms with Crippen molar-refractivity contribution in [2.24, 2.45) is 5.41 Å². The number of allylic oxidation sites excluding steroid dienone is 2. The van der Waals surface area contributed by atoms with Crippen LogP contribution >= 0.6 is 11.6 Å². The van der Waals surface area contributed by atoms with Crippen molar-refractivity contribution in [3.8, 4) is 5.75 Å². The van der Waals surface area contributed by atoms with E-state index < -0.39 is 0 Å². The number of benzene rings is 2. The highest BCUT2D eigenvalue weighted by atomic mass is 35.5. The molecule has 10 heteroatoms. The van der Waals surface area contributed by atoms with Crippen molar-refractivity contribution in [1.82, 2.24) is 19.4 Å². The first-order chi connectivity index (χ1) is 21.9. The van der Waals surface area contributed by atoms with Gasteiger partial charge in [0, 0.05) is 35.8 Å². The van der Waals surface area contributed by atoms with Crippen LogP contribution in [-0.4, -0.2) is 50.8 Å². The lowest BCUT2D eigenvalue weighted by molar-refractivity contribution is 0.0594. The Balaban J connectivity index is 1.06. The molecule has 1 aliphatic heterocycles. The topological polar surface area (TPSA) is 129 Å². The van der Waals surface area contributed by atoms with Gasteiger partial charge in [-0.15, -0.1) is 0 Å². The Labute approximate surface area is 274 Å². The first-order valence-corrected chi connectivity index (χ1v) is 16.2. The molecule has 240 valence electrons. The van der Waals surface area contributed by atoms with Gasteiger partial charge < -0.3 is 25.7 Å². The Morgan fingerprint density at radius 3 is 2.46 bits per heavy atom. The molecule has 1 saturated heterocycles. The summed E-state index contributed by atoms with van der Waals surface area (Å²) in [6, 6.07) is 16.3. The van der Waals surface area contributed by atoms with Crippen LogP contribution in [0.4, 0.5) is 11.6 Å². The standard InChI is InChI=1S/C36H41ClN6O3/c1-35(2,3)24-7-9-25(10-8-24)46-20-19-42-16-12-26-27(5-4-6-28(26)42)34(45)43-17-14-36(15-18-43)13-11-23(22-36)21-29(44)30-32(38)41-33(39)31(37)40-30/h4-10,12,16,21H,11,13-15,17-20,22H2,1-3H3,(H4,38,39,41)/b23-21+. The molecule has 2 aromatic carbocycles. The largest absolute Gasteiger partial charge is 0.492 e. The number of ketones is 1. The van der Waals surface area contributed by atoms with Crippen molar-refractivity contribution in [2.45, 2.75) is 64.8 Å². The van der Waals surface area contributed by atoms with Crippen LogP contribution < -0.4 is 16.2 Å². The SMILES string of the molecule is CC(C)(C)c1ccc(OCCn2ccc3c(C(=O)N4CCC5(CC/C(=C\C(=O)c6nc(Cl)c(N)nc6N)C5)CC4)cccc32)cc1. The van der Waals surface area contributed by atoms with Gasteiger partial charge >= 0.3 is 0 Å². The highest BCUT2D eigenvalue weighted by molar-refractivity contribution is 6.31. The molecule has 0 unspecified atom stereocenters. The van der Waals surface area contributed by atoms with E-state index in [0.717, 1.165) is 59.9 Å². The molecule has 4 N–H and O–H groups in total. The molecule has 0 radical (unpaired) electrons. The minimum atomic E-state index is -0.312. The number of aromatic nitrogens is 3. The van der Waals surface area contributed by atoms with Gasteiger partial charge in [0.1, 0.15) is 12.4 Å². The van der Waals surface area contributed by atoms with Crippen molar-refractivity contribution in [1.29, 1.82) is 0 Å². The van der Waals surface area contributed by atoms with Gasteiger partial charge in [0.2, 0.25) is 5.78 Å². The quantitative estimate of drug-likeness (QED) is 0.167. The maximum Gasteiger partial charge on any atom is 0.254 e. The molecule has 1 saturated carbocycles. The zero-order valence-corrected chi connectivity index (χ0v) is 27.4. The predicted molar refractivity (Wildman–Crippen MR) is 182 cm³/mol. The lowest BCUT2D eigenvalue weighted by atomic mass is 9.76. The van der Waals surface area contributed by atoms with Gasteiger partial charge in [0.25, 0.3) is 5.91 Å². The van der Waals surface area contributed by atoms with E-state index in [1.54, 1.807) is 6.08 Å². The Morgan fingerprint density at radius 1 is 1.00 bits per heavy atom. The molecular formula is C36H41ClN6O3. The van der Waals surface area contributed by atoms with Crippen molar-refractivity contribution >= 4 is 45.8 Å². The van der Waals surface area contributed by atoms with Crippen LogP contribution in [0, 0.1) is 5.41 Å². The number of amides is 1. The second-order valence-electron chi connectivity index (χ2n) is 13.6. The van der Waals surface area contributed by atoms with Crippen LogP contribution in [0.1, 0.15) is 79.3 Å². The van der Waals surface area contributed by atoms with Crippen molar-refractivity contribution in [2.75, 3.05) is 31.2 Å². The molecular weight excluding hydrogens is 600 g/mol. The van der Waals surface area contributed by atoms with Crippen molar-refractivity contribution in [3.05, 3.63) is 88.4 Å². The van der Waals surface area contributed by atoms with Crippen molar-refractivity contribution < 1.29 is 14.3 Å². The van der Waals surface area contributed by atoms with Gasteiger partial charge in [0.05, 0.1) is 6.54 Å². The summed E-state index contributed by atoms with van der Waals surface area (Å²) in [5, 5.41) is 0.923. The maximum atomic E-state index is 13.8. The Kier molecular flexibility index (Phi) is 8.55. The zero-order valence-electron chi connectivity index (χ0n) is 26.7. The smallest absolute Gasteiger partial charge is 0.254 e. The summed E-state index contributed by atoms with van der Waals surface area (Å²) >= 11 is 5.97. The van der Waals surface area contributed by atoms with E-state index in [4.69, 9.17) is 27.8 Å². The predicted octanol–water partition coefficient (Wildman–Crippen LogP) is 6.84. The number of halogens is 1. The van der Waals surface area contributed by atoms with Crippen LogP contribution in [0.15, 0.2) is 66.4 Å². The van der Waals surface area contributed by atoms with E-state index >= 15 is 0 Å². The molecule has 2 aliphatic rings. The zero-order chi connectivity index (χ0) is 32.6. The summed E-state index contributed by atoms with van der Waals surface area (Å²) in [4.78, 5) is 36.6. The minimum absolute atomic E-state index is 0.00138. The molecule has 3 heterocycles. The van der Waals surface area contributed by atoms with E-state index in [2.05, 4.69) is 53.5 Å². The van der Waals surface area contributed by atoms with Crippen LogP contribution in [-0.2, 0) is 12.0 Å². The monoisotopic (exact) mass is 640 g/mol. The Morgan fingerprint density at radius 2 is 1.74 bits per heavy atom. The van der Waals surface area contributed by atoms with Gasteiger partial charge in [-0.25, -0.2) is 9.97 Å². The van der Waals surface area contributed by atoms with E-state index in [-0.39, 0.29) is 45.0 Å². The molecule has 46 heavy (non-hydrogen) atoms. The maximum absolute atomic E-state index is 13.8. The second kappa shape index (κ2) is 12.4. The molecule has 1 amide bonds. The molecule has 9 nitrogen and oxygen atoms in total. The number of hydrogen-bond donors (Lipinski definition) is 2. The molecule has 2 aromatic heterocycles. The third kappa shape index (κ3) is 6.47. The third-order valence-corrected chi connectivity index (χ3v) is 9.81. The lowest BCUT2D eigenvalue weighted by Gasteiger charge is -2.39. The van der Waals surface area contributed by atoms with Crippen LogP contribution in [0.5, 0.6) is 5.75 Å². The normalized spacial score (nSPS) is 17.2. The van der Waals surface area contributed by atoms with E-state index in [1.165, 1.54) is 5.56 Å². The summed E-state index contributed by atoms with van der Waals surface area (Å²) < 4.78 is 8.18. The number of likely N-dealkylation sites (tertiary alicyclic amines) is 1. The van der Waals surface area contributed by atoms with Gasteiger partial charge in [0.15, 0.2) is 22.5 Å². The summed E-state index contributed by atoms with van der Waals surface area (Å²) in [5.74, 6) is 0.579. The van der Waals surface area contributed by atoms with Crippen LogP contribution in [0.2, 0.25) is 5.15 Å². The number of rotatable bonds is 7. The number of nitrogens with two attached hydrogens (primary N) is 2. The fourth-order valence-corrected chi connectivity index (χ4v) is 6.91. The number of carbonyl (C=O) groups excluding carboxylic acids is 2. The molecule has 6 rings (SSSR count). The second-order valence-corrected chi connectivity index (χ2v) is 14.0. The molecule has 4 aromatic rings. The summed E-state index contributed by atoms with van der Waals surface area (Å²) in [6.07, 6.45) is 8.07. The Bertz CT molecular complexity index is 1810. The van der Waals surface area contributed by atoms with Crippen LogP contribution in [0.25, 0.3) is 10.9 Å². The third-order valence-electron chi connectivity index (χ3n) is 9.53. The number of nitrogens with zero attached hydrogens (tertiary/aromatic N) is 4. The van der Waals surface area contributed by atoms with Gasteiger partial charge in [-0.3, -0.25) is 9.59 Å². The fraction of sp³-hybridized carbons (Fsp3) is 0.389. The first-order valence-electron chi connectivity index (χ1n) is 15.9. The summed E-state index contributed by atoms with van der Waals surface area (Å²) in [6.45, 7) is 9.18. The first kappa shape index (κ1) is 31.6. The number of anilines is 2. The average molecular weight is 641 g/mol. The summed E-state index contributed by atoms with van der Waals surface area (Å²) in [7, 11) is 0. The highest BCUT2D eigenvalue weighted by Gasteiger charge is 2.40. The van der Waals surface area contributed by atoms with E-state index in [1.807, 2.05) is 41.4 Å². The summed E-state index contributed by atoms with van der Waals surface area (Å²) in [5.41, 5.74) is 15.8. The number of piperidine rings is 1. The molecule has 0 bridgehead atoms. The van der Waals surface area contributed by atoms with E-state index in [9.17, 15) is 9.59 Å². The Hall–Kier alpha value is -4.37. The fourth-order valence-electron chi connectivity index (χ4n) is 6.78. The number of carbonyl (C=O) groups is 2. The molecule has 1 aliphatic carbocycles. The van der Waals surface area contributed by atoms with Gasteiger partial charge in [-0.05, 0) is 84.9 Å².